The second-order valence-electron chi connectivity index (χ2n) is 5.81. The van der Waals surface area contributed by atoms with E-state index in [1.54, 1.807) is 7.11 Å². The molecule has 1 fully saturated rings. The van der Waals surface area contributed by atoms with Gasteiger partial charge in [-0.1, -0.05) is 6.42 Å². The Morgan fingerprint density at radius 2 is 2.29 bits per heavy atom. The summed E-state index contributed by atoms with van der Waals surface area (Å²) in [6.45, 7) is 4.33. The second kappa shape index (κ2) is 6.48. The molecule has 1 atom stereocenters. The first kappa shape index (κ1) is 14.4. The lowest BCUT2D eigenvalue weighted by molar-refractivity contribution is 0.379. The van der Waals surface area contributed by atoms with Gasteiger partial charge in [-0.15, -0.1) is 0 Å². The smallest absolute Gasteiger partial charge is 0.121 e. The minimum absolute atomic E-state index is 0.665. The van der Waals surface area contributed by atoms with Crippen molar-refractivity contribution in [1.82, 2.24) is 14.9 Å². The zero-order chi connectivity index (χ0) is 14.7. The molecule has 1 aliphatic heterocycles. The summed E-state index contributed by atoms with van der Waals surface area (Å²) in [7, 11) is 1.70. The zero-order valence-corrected chi connectivity index (χ0v) is 13.1. The molecule has 0 saturated carbocycles. The lowest BCUT2D eigenvalue weighted by Crippen LogP contribution is -2.34. The molecule has 2 aromatic rings. The first-order valence-electron chi connectivity index (χ1n) is 8.08. The molecule has 0 radical (unpaired) electrons. The van der Waals surface area contributed by atoms with Crippen LogP contribution in [0.25, 0.3) is 11.0 Å². The highest BCUT2D eigenvalue weighted by Gasteiger charge is 2.15. The number of aromatic nitrogens is 2. The molecule has 1 aromatic heterocycles. The van der Waals surface area contributed by atoms with E-state index in [-0.39, 0.29) is 0 Å². The van der Waals surface area contributed by atoms with Gasteiger partial charge in [0.05, 0.1) is 18.1 Å². The van der Waals surface area contributed by atoms with Crippen molar-refractivity contribution in [3.63, 3.8) is 0 Å². The molecule has 0 amide bonds. The predicted octanol–water partition coefficient (Wildman–Crippen LogP) is 3.14. The van der Waals surface area contributed by atoms with Gasteiger partial charge in [-0.25, -0.2) is 4.98 Å². The van der Waals surface area contributed by atoms with E-state index in [0.29, 0.717) is 6.04 Å². The highest BCUT2D eigenvalue weighted by molar-refractivity contribution is 5.77. The highest BCUT2D eigenvalue weighted by Crippen LogP contribution is 2.23. The summed E-state index contributed by atoms with van der Waals surface area (Å²) in [5, 5.41) is 3.62. The summed E-state index contributed by atoms with van der Waals surface area (Å²) in [4.78, 5) is 4.83. The number of imidazole rings is 1. The summed E-state index contributed by atoms with van der Waals surface area (Å²) in [5.41, 5.74) is 2.26. The topological polar surface area (TPSA) is 39.1 Å². The normalized spacial score (nSPS) is 19.0. The number of piperidine rings is 1. The van der Waals surface area contributed by atoms with Crippen LogP contribution in [0.4, 0.5) is 0 Å². The Balaban J connectivity index is 1.80. The highest BCUT2D eigenvalue weighted by atomic mass is 16.5. The van der Waals surface area contributed by atoms with Gasteiger partial charge in [0.25, 0.3) is 0 Å². The molecule has 0 aliphatic carbocycles. The van der Waals surface area contributed by atoms with Crippen molar-refractivity contribution in [2.75, 3.05) is 13.7 Å². The van der Waals surface area contributed by atoms with Crippen molar-refractivity contribution in [3.05, 3.63) is 24.0 Å². The van der Waals surface area contributed by atoms with E-state index in [1.807, 2.05) is 12.1 Å². The van der Waals surface area contributed by atoms with Crippen molar-refractivity contribution >= 4 is 11.0 Å². The second-order valence-corrected chi connectivity index (χ2v) is 5.81. The minimum Gasteiger partial charge on any atom is -0.497 e. The van der Waals surface area contributed by atoms with Crippen LogP contribution in [0.3, 0.4) is 0 Å². The van der Waals surface area contributed by atoms with E-state index >= 15 is 0 Å². The molecule has 1 aromatic carbocycles. The Labute approximate surface area is 126 Å². The molecule has 1 unspecified atom stereocenters. The number of methoxy groups -OCH3 is 1. The van der Waals surface area contributed by atoms with Crippen LogP contribution in [-0.2, 0) is 13.0 Å². The van der Waals surface area contributed by atoms with Gasteiger partial charge in [-0.2, -0.15) is 0 Å². The largest absolute Gasteiger partial charge is 0.497 e. The Kier molecular flexibility index (Phi) is 4.44. The number of ether oxygens (including phenoxy) is 1. The Hall–Kier alpha value is -1.55. The third-order valence-corrected chi connectivity index (χ3v) is 4.48. The Morgan fingerprint density at radius 1 is 1.38 bits per heavy atom. The van der Waals surface area contributed by atoms with Crippen molar-refractivity contribution in [2.45, 2.75) is 51.6 Å². The average Bonchev–Trinajstić information content (AvgIpc) is 2.90. The number of nitrogens with one attached hydrogen (secondary N) is 1. The number of aryl methyl sites for hydroxylation is 2. The van der Waals surface area contributed by atoms with Gasteiger partial charge < -0.3 is 14.6 Å². The third kappa shape index (κ3) is 3.05. The molecule has 1 aliphatic rings. The SMILES string of the molecule is CCn1c(CCC2CCCCN2)nc2cc(OC)ccc21. The van der Waals surface area contributed by atoms with E-state index in [1.165, 1.54) is 43.6 Å². The molecular weight excluding hydrogens is 262 g/mol. The van der Waals surface area contributed by atoms with Crippen LogP contribution in [0.15, 0.2) is 18.2 Å². The summed E-state index contributed by atoms with van der Waals surface area (Å²) >= 11 is 0. The third-order valence-electron chi connectivity index (χ3n) is 4.48. The number of benzene rings is 1. The van der Waals surface area contributed by atoms with Crippen LogP contribution in [0.1, 0.15) is 38.4 Å². The number of hydrogen-bond acceptors (Lipinski definition) is 3. The van der Waals surface area contributed by atoms with Crippen LogP contribution in [0.5, 0.6) is 5.75 Å². The maximum Gasteiger partial charge on any atom is 0.121 e. The van der Waals surface area contributed by atoms with Gasteiger partial charge in [-0.05, 0) is 44.9 Å². The van der Waals surface area contributed by atoms with Gasteiger partial charge in [-0.3, -0.25) is 0 Å². The van der Waals surface area contributed by atoms with Crippen LogP contribution >= 0.6 is 0 Å². The van der Waals surface area contributed by atoms with E-state index in [4.69, 9.17) is 9.72 Å². The fraction of sp³-hybridized carbons (Fsp3) is 0.588. The van der Waals surface area contributed by atoms with Crippen LogP contribution < -0.4 is 10.1 Å². The summed E-state index contributed by atoms with van der Waals surface area (Å²) in [5.74, 6) is 2.08. The number of fused-ring (bicyclic) bond motifs is 1. The molecule has 3 rings (SSSR count). The van der Waals surface area contributed by atoms with Gasteiger partial charge in [0.2, 0.25) is 0 Å². The molecule has 0 bridgehead atoms. The predicted molar refractivity (Wildman–Crippen MR) is 85.9 cm³/mol. The summed E-state index contributed by atoms with van der Waals surface area (Å²) in [6, 6.07) is 6.83. The molecule has 4 nitrogen and oxygen atoms in total. The Morgan fingerprint density at radius 3 is 3.00 bits per heavy atom. The first-order chi connectivity index (χ1) is 10.3. The van der Waals surface area contributed by atoms with E-state index in [2.05, 4.69) is 22.9 Å². The molecule has 0 spiro atoms. The lowest BCUT2D eigenvalue weighted by Gasteiger charge is -2.23. The minimum atomic E-state index is 0.665. The maximum absolute atomic E-state index is 5.30. The van der Waals surface area contributed by atoms with Gasteiger partial charge in [0, 0.05) is 25.1 Å². The van der Waals surface area contributed by atoms with Gasteiger partial charge >= 0.3 is 0 Å². The molecule has 1 saturated heterocycles. The number of rotatable bonds is 5. The fourth-order valence-corrected chi connectivity index (χ4v) is 3.30. The Bertz CT molecular complexity index is 599. The molecule has 2 heterocycles. The number of nitrogens with zero attached hydrogens (tertiary/aromatic N) is 2. The first-order valence-corrected chi connectivity index (χ1v) is 8.08. The van der Waals surface area contributed by atoms with E-state index in [0.717, 1.165) is 24.2 Å². The lowest BCUT2D eigenvalue weighted by atomic mass is 10.0. The van der Waals surface area contributed by atoms with Gasteiger partial charge in [0.1, 0.15) is 11.6 Å². The monoisotopic (exact) mass is 287 g/mol. The quantitative estimate of drug-likeness (QED) is 0.918. The van der Waals surface area contributed by atoms with Crippen molar-refractivity contribution < 1.29 is 4.74 Å². The van der Waals surface area contributed by atoms with Crippen LogP contribution in [-0.4, -0.2) is 29.2 Å². The zero-order valence-electron chi connectivity index (χ0n) is 13.1. The van der Waals surface area contributed by atoms with Crippen molar-refractivity contribution in [2.24, 2.45) is 0 Å². The fourth-order valence-electron chi connectivity index (χ4n) is 3.30. The maximum atomic E-state index is 5.30. The summed E-state index contributed by atoms with van der Waals surface area (Å²) in [6.07, 6.45) is 6.21. The van der Waals surface area contributed by atoms with Crippen molar-refractivity contribution in [3.8, 4) is 5.75 Å². The molecular formula is C17H25N3O. The molecule has 4 heteroatoms. The summed E-state index contributed by atoms with van der Waals surface area (Å²) < 4.78 is 7.63. The van der Waals surface area contributed by atoms with E-state index in [9.17, 15) is 0 Å². The van der Waals surface area contributed by atoms with Crippen molar-refractivity contribution in [1.29, 1.82) is 0 Å². The van der Waals surface area contributed by atoms with E-state index < -0.39 is 0 Å². The molecule has 114 valence electrons. The molecule has 1 N–H and O–H groups in total. The van der Waals surface area contributed by atoms with Gasteiger partial charge in [0.15, 0.2) is 0 Å². The van der Waals surface area contributed by atoms with Crippen LogP contribution in [0.2, 0.25) is 0 Å². The number of hydrogen-bond donors (Lipinski definition) is 1. The average molecular weight is 287 g/mol. The van der Waals surface area contributed by atoms with Crippen LogP contribution in [0, 0.1) is 0 Å². The molecule has 21 heavy (non-hydrogen) atoms. The standard InChI is InChI=1S/C17H25N3O/c1-3-20-16-9-8-14(21-2)12-15(16)19-17(20)10-7-13-6-4-5-11-18-13/h8-9,12-13,18H,3-7,10-11H2,1-2H3.